The van der Waals surface area contributed by atoms with Gasteiger partial charge in [0, 0.05) is 35.4 Å². The van der Waals surface area contributed by atoms with Crippen molar-refractivity contribution in [1.29, 1.82) is 0 Å². The second-order valence-corrected chi connectivity index (χ2v) is 8.98. The molecule has 0 unspecified atom stereocenters. The molecule has 2 aromatic rings. The Bertz CT molecular complexity index is 1040. The maximum Gasteiger partial charge on any atom is 0.163 e. The summed E-state index contributed by atoms with van der Waals surface area (Å²) in [5.74, 6) is 2.41. The van der Waals surface area contributed by atoms with Crippen molar-refractivity contribution in [1.82, 2.24) is 0 Å². The Morgan fingerprint density at radius 2 is 1.77 bits per heavy atom. The summed E-state index contributed by atoms with van der Waals surface area (Å²) < 4.78 is 17.3. The molecular formula is C25H27NO4. The first-order chi connectivity index (χ1) is 14.4. The van der Waals surface area contributed by atoms with Gasteiger partial charge in [-0.1, -0.05) is 26.0 Å². The van der Waals surface area contributed by atoms with E-state index in [9.17, 15) is 4.79 Å². The summed E-state index contributed by atoms with van der Waals surface area (Å²) >= 11 is 0. The lowest BCUT2D eigenvalue weighted by atomic mass is 9.68. The van der Waals surface area contributed by atoms with E-state index in [1.165, 1.54) is 0 Å². The maximum absolute atomic E-state index is 13.3. The third-order valence-electron chi connectivity index (χ3n) is 6.04. The monoisotopic (exact) mass is 405 g/mol. The van der Waals surface area contributed by atoms with Crippen LogP contribution in [0.25, 0.3) is 0 Å². The lowest BCUT2D eigenvalue weighted by Crippen LogP contribution is -2.34. The summed E-state index contributed by atoms with van der Waals surface area (Å²) in [7, 11) is 0. The van der Waals surface area contributed by atoms with E-state index >= 15 is 0 Å². The zero-order valence-corrected chi connectivity index (χ0v) is 17.7. The van der Waals surface area contributed by atoms with Gasteiger partial charge < -0.3 is 19.5 Å². The second-order valence-electron chi connectivity index (χ2n) is 8.98. The molecule has 0 amide bonds. The van der Waals surface area contributed by atoms with Gasteiger partial charge in [0.05, 0.1) is 6.61 Å². The zero-order valence-electron chi connectivity index (χ0n) is 17.7. The van der Waals surface area contributed by atoms with Crippen LogP contribution in [0.3, 0.4) is 0 Å². The number of Topliss-reactive ketones (excluding diaryl/α,β-unsaturated/α-hetero) is 1. The standard InChI is InChI=1S/C25H27NO4/c1-4-28-16-7-5-15(6-8-16)23-17-11-21-22(30-10-9-29-21)12-18(17)26-19-13-25(2,3)14-20(27)24(19)23/h5-8,11-12,23,26H,4,9-10,13-14H2,1-3H3/t23-/m0/s1. The van der Waals surface area contributed by atoms with E-state index in [0.717, 1.165) is 51.8 Å². The quantitative estimate of drug-likeness (QED) is 0.774. The highest BCUT2D eigenvalue weighted by Gasteiger charge is 2.41. The van der Waals surface area contributed by atoms with Crippen molar-refractivity contribution in [3.05, 3.63) is 58.8 Å². The lowest BCUT2D eigenvalue weighted by molar-refractivity contribution is -0.118. The third kappa shape index (κ3) is 3.22. The number of hydrogen-bond donors (Lipinski definition) is 1. The predicted molar refractivity (Wildman–Crippen MR) is 116 cm³/mol. The van der Waals surface area contributed by atoms with Crippen molar-refractivity contribution in [2.45, 2.75) is 39.5 Å². The Hall–Kier alpha value is -2.95. The Morgan fingerprint density at radius 1 is 1.07 bits per heavy atom. The first-order valence-electron chi connectivity index (χ1n) is 10.6. The second kappa shape index (κ2) is 7.08. The molecule has 2 aliphatic heterocycles. The van der Waals surface area contributed by atoms with Crippen LogP contribution in [0.5, 0.6) is 17.2 Å². The summed E-state index contributed by atoms with van der Waals surface area (Å²) in [6.07, 6.45) is 1.40. The highest BCUT2D eigenvalue weighted by molar-refractivity contribution is 6.01. The van der Waals surface area contributed by atoms with Crippen LogP contribution in [0.2, 0.25) is 0 Å². The van der Waals surface area contributed by atoms with E-state index < -0.39 is 0 Å². The number of benzene rings is 2. The van der Waals surface area contributed by atoms with Gasteiger partial charge in [-0.25, -0.2) is 0 Å². The molecule has 0 fully saturated rings. The van der Waals surface area contributed by atoms with Crippen molar-refractivity contribution in [3.8, 4) is 17.2 Å². The summed E-state index contributed by atoms with van der Waals surface area (Å²) in [5, 5.41) is 3.57. The van der Waals surface area contributed by atoms with Gasteiger partial charge in [0.15, 0.2) is 17.3 Å². The fourth-order valence-corrected chi connectivity index (χ4v) is 4.82. The zero-order chi connectivity index (χ0) is 20.9. The molecule has 0 aromatic heterocycles. The highest BCUT2D eigenvalue weighted by Crippen LogP contribution is 2.51. The van der Waals surface area contributed by atoms with Crippen LogP contribution in [0.4, 0.5) is 5.69 Å². The normalized spacial score (nSPS) is 21.4. The Labute approximate surface area is 177 Å². The summed E-state index contributed by atoms with van der Waals surface area (Å²) in [6, 6.07) is 12.2. The number of hydrogen-bond acceptors (Lipinski definition) is 5. The molecule has 5 rings (SSSR count). The molecule has 5 nitrogen and oxygen atoms in total. The van der Waals surface area contributed by atoms with Gasteiger partial charge in [-0.3, -0.25) is 4.79 Å². The van der Waals surface area contributed by atoms with Crippen LogP contribution in [0.15, 0.2) is 47.7 Å². The van der Waals surface area contributed by atoms with Crippen molar-refractivity contribution in [2.24, 2.45) is 5.41 Å². The first-order valence-corrected chi connectivity index (χ1v) is 10.6. The van der Waals surface area contributed by atoms with Crippen LogP contribution < -0.4 is 19.5 Å². The average molecular weight is 405 g/mol. The molecule has 156 valence electrons. The van der Waals surface area contributed by atoms with E-state index in [0.29, 0.717) is 26.2 Å². The SMILES string of the molecule is CCOc1ccc([C@@H]2C3=C(CC(C)(C)CC3=O)Nc3cc4c(cc32)OCCO4)cc1. The number of allylic oxidation sites excluding steroid dienone is 2. The molecule has 1 aliphatic carbocycles. The van der Waals surface area contributed by atoms with E-state index in [-0.39, 0.29) is 17.1 Å². The molecule has 0 saturated heterocycles. The number of ether oxygens (including phenoxy) is 3. The van der Waals surface area contributed by atoms with E-state index in [2.05, 4.69) is 31.3 Å². The maximum atomic E-state index is 13.3. The Morgan fingerprint density at radius 3 is 2.47 bits per heavy atom. The molecule has 1 N–H and O–H groups in total. The largest absolute Gasteiger partial charge is 0.494 e. The van der Waals surface area contributed by atoms with Gasteiger partial charge in [-0.15, -0.1) is 0 Å². The van der Waals surface area contributed by atoms with Gasteiger partial charge in [0.25, 0.3) is 0 Å². The van der Waals surface area contributed by atoms with Crippen LogP contribution in [-0.4, -0.2) is 25.6 Å². The van der Waals surface area contributed by atoms with Crippen molar-refractivity contribution < 1.29 is 19.0 Å². The minimum Gasteiger partial charge on any atom is -0.494 e. The van der Waals surface area contributed by atoms with E-state index in [4.69, 9.17) is 14.2 Å². The van der Waals surface area contributed by atoms with E-state index in [1.807, 2.05) is 31.2 Å². The number of ketones is 1. The molecule has 2 heterocycles. The summed E-state index contributed by atoms with van der Waals surface area (Å²) in [6.45, 7) is 7.99. The molecule has 30 heavy (non-hydrogen) atoms. The molecule has 0 saturated carbocycles. The number of rotatable bonds is 3. The van der Waals surface area contributed by atoms with Gasteiger partial charge in [-0.2, -0.15) is 0 Å². The summed E-state index contributed by atoms with van der Waals surface area (Å²) in [5.41, 5.74) is 4.97. The fraction of sp³-hybridized carbons (Fsp3) is 0.400. The molecule has 0 spiro atoms. The minimum absolute atomic E-state index is 0.0579. The molecule has 2 aromatic carbocycles. The minimum atomic E-state index is -0.133. The molecule has 0 radical (unpaired) electrons. The van der Waals surface area contributed by atoms with E-state index in [1.54, 1.807) is 0 Å². The number of carbonyl (C=O) groups excluding carboxylic acids is 1. The molecule has 3 aliphatic rings. The van der Waals surface area contributed by atoms with Gasteiger partial charge in [0.1, 0.15) is 19.0 Å². The number of nitrogens with one attached hydrogen (secondary N) is 1. The summed E-state index contributed by atoms with van der Waals surface area (Å²) in [4.78, 5) is 13.3. The molecule has 5 heteroatoms. The Kier molecular flexibility index (Phi) is 4.49. The van der Waals surface area contributed by atoms with Crippen LogP contribution in [0, 0.1) is 5.41 Å². The van der Waals surface area contributed by atoms with Crippen molar-refractivity contribution in [2.75, 3.05) is 25.1 Å². The van der Waals surface area contributed by atoms with Crippen LogP contribution in [-0.2, 0) is 4.79 Å². The number of fused-ring (bicyclic) bond motifs is 2. The molecule has 1 atom stereocenters. The van der Waals surface area contributed by atoms with Crippen LogP contribution >= 0.6 is 0 Å². The first kappa shape index (κ1) is 19.0. The molecule has 0 bridgehead atoms. The van der Waals surface area contributed by atoms with Gasteiger partial charge in [0.2, 0.25) is 0 Å². The molecular weight excluding hydrogens is 378 g/mol. The smallest absolute Gasteiger partial charge is 0.163 e. The average Bonchev–Trinajstić information content (AvgIpc) is 2.71. The fourth-order valence-electron chi connectivity index (χ4n) is 4.82. The van der Waals surface area contributed by atoms with Crippen LogP contribution in [0.1, 0.15) is 50.7 Å². The van der Waals surface area contributed by atoms with Crippen molar-refractivity contribution >= 4 is 11.5 Å². The third-order valence-corrected chi connectivity index (χ3v) is 6.04. The van der Waals surface area contributed by atoms with Crippen molar-refractivity contribution in [3.63, 3.8) is 0 Å². The number of anilines is 1. The Balaban J connectivity index is 1.66. The lowest BCUT2D eigenvalue weighted by Gasteiger charge is -2.40. The topological polar surface area (TPSA) is 56.8 Å². The predicted octanol–water partition coefficient (Wildman–Crippen LogP) is 5.06. The van der Waals surface area contributed by atoms with Gasteiger partial charge >= 0.3 is 0 Å². The highest BCUT2D eigenvalue weighted by atomic mass is 16.6. The number of carbonyl (C=O) groups is 1. The van der Waals surface area contributed by atoms with Gasteiger partial charge in [-0.05, 0) is 48.1 Å².